The number of halogens is 1. The first-order valence-corrected chi connectivity index (χ1v) is 28.2. The fourth-order valence-corrected chi connectivity index (χ4v) is 12.4. The lowest BCUT2D eigenvalue weighted by Gasteiger charge is -2.37. The highest BCUT2D eigenvalue weighted by molar-refractivity contribution is 7.99. The molecule has 0 amide bonds. The summed E-state index contributed by atoms with van der Waals surface area (Å²) in [6.07, 6.45) is 2.27. The van der Waals surface area contributed by atoms with E-state index in [1.54, 1.807) is 30.0 Å². The van der Waals surface area contributed by atoms with E-state index in [9.17, 15) is 23.4 Å². The number of aryl methyl sites for hydroxylation is 1. The molecule has 0 bridgehead atoms. The molecule has 0 spiro atoms. The molecule has 2 saturated heterocycles. The van der Waals surface area contributed by atoms with Gasteiger partial charge < -0.3 is 39.5 Å². The van der Waals surface area contributed by atoms with E-state index in [2.05, 4.69) is 67.4 Å². The number of aromatic nitrogens is 1. The predicted octanol–water partition coefficient (Wildman–Crippen LogP) is 12.7. The highest BCUT2D eigenvalue weighted by atomic mass is 35.5. The van der Waals surface area contributed by atoms with Crippen molar-refractivity contribution in [1.82, 2.24) is 9.47 Å². The standard InChI is InChI=1S/C59H65ClN6O6S2/c1-40(2)66-42(4)56(59(68)69)57(58(66)43-18-20-45(60)21-19-43)44-12-11-13-47(37-44)64-32-34-65(35-33-64)48-22-24-54(55(38-48)72-50-14-7-5-8-15-50)62-74(70,71)52-23-25-53(41(3)36-52)61-46(39-73-51-16-9-6-10-17-51)26-29-63-30-27-49(67)28-31-63/h5-25,36-38,40,46,49,61-62,67H,26-35,39H2,1-4H3,(H,68,69)/t46-/m1/s1. The SMILES string of the molecule is Cc1cc(S(=O)(=O)Nc2ccc(N3CCN(c4cccc(-c5c(C(=O)O)c(C)n(C(C)C)c5-c5ccc(Cl)cc5)c4)CC3)cc2Oc2ccccc2)ccc1N[C@H](CCN1CCC(O)CC1)CSc1ccccc1. The normalized spacial score (nSPS) is 15.1. The minimum atomic E-state index is -4.05. The van der Waals surface area contributed by atoms with Crippen molar-refractivity contribution in [2.75, 3.05) is 71.4 Å². The molecule has 6 aromatic carbocycles. The number of piperidine rings is 1. The number of likely N-dealkylation sites (tertiary alicyclic amines) is 1. The van der Waals surface area contributed by atoms with Crippen molar-refractivity contribution in [3.8, 4) is 33.9 Å². The minimum Gasteiger partial charge on any atom is -0.478 e. The second-order valence-corrected chi connectivity index (χ2v) is 22.7. The summed E-state index contributed by atoms with van der Waals surface area (Å²) in [4.78, 5) is 21.3. The fraction of sp³-hybridized carbons (Fsp3) is 0.305. The zero-order chi connectivity index (χ0) is 51.9. The molecule has 0 saturated carbocycles. The van der Waals surface area contributed by atoms with Crippen molar-refractivity contribution < 1.29 is 28.2 Å². The number of rotatable bonds is 19. The van der Waals surface area contributed by atoms with Gasteiger partial charge in [-0.1, -0.05) is 72.3 Å². The number of sulfonamides is 1. The van der Waals surface area contributed by atoms with Crippen LogP contribution in [0.15, 0.2) is 155 Å². The van der Waals surface area contributed by atoms with Crippen LogP contribution in [0.3, 0.4) is 0 Å². The molecule has 12 nitrogen and oxygen atoms in total. The fourth-order valence-electron chi connectivity index (χ4n) is 10.1. The number of piperazine rings is 1. The molecule has 74 heavy (non-hydrogen) atoms. The molecule has 15 heteroatoms. The third-order valence-electron chi connectivity index (χ3n) is 14.0. The lowest BCUT2D eigenvalue weighted by atomic mass is 9.96. The van der Waals surface area contributed by atoms with Crippen molar-refractivity contribution in [2.24, 2.45) is 0 Å². The van der Waals surface area contributed by atoms with E-state index < -0.39 is 16.0 Å². The molecule has 7 aromatic rings. The van der Waals surface area contributed by atoms with Crippen LogP contribution in [0.2, 0.25) is 5.02 Å². The largest absolute Gasteiger partial charge is 0.478 e. The van der Waals surface area contributed by atoms with Crippen LogP contribution < -0.4 is 24.6 Å². The molecule has 9 rings (SSSR count). The first-order valence-electron chi connectivity index (χ1n) is 25.4. The maximum Gasteiger partial charge on any atom is 0.338 e. The molecule has 0 aliphatic carbocycles. The molecular weight excluding hydrogens is 988 g/mol. The highest BCUT2D eigenvalue weighted by Crippen LogP contribution is 2.43. The summed E-state index contributed by atoms with van der Waals surface area (Å²) in [7, 11) is -4.05. The molecule has 1 aromatic heterocycles. The van der Waals surface area contributed by atoms with Gasteiger partial charge in [0.2, 0.25) is 0 Å². The van der Waals surface area contributed by atoms with Crippen LogP contribution in [0, 0.1) is 13.8 Å². The van der Waals surface area contributed by atoms with Gasteiger partial charge in [0.05, 0.1) is 27.9 Å². The first kappa shape index (κ1) is 52.4. The van der Waals surface area contributed by atoms with Gasteiger partial charge in [-0.15, -0.1) is 11.8 Å². The maximum atomic E-state index is 14.3. The number of aliphatic hydroxyl groups excluding tert-OH is 1. The number of hydrogen-bond acceptors (Lipinski definition) is 10. The Labute approximate surface area is 445 Å². The van der Waals surface area contributed by atoms with Crippen molar-refractivity contribution in [3.63, 3.8) is 0 Å². The summed E-state index contributed by atoms with van der Waals surface area (Å²) in [5.74, 6) is 0.810. The summed E-state index contributed by atoms with van der Waals surface area (Å²) in [5, 5.41) is 25.0. The Bertz CT molecular complexity index is 3160. The van der Waals surface area contributed by atoms with Gasteiger partial charge in [0.1, 0.15) is 5.75 Å². The van der Waals surface area contributed by atoms with E-state index in [1.165, 1.54) is 4.90 Å². The topological polar surface area (TPSA) is 140 Å². The smallest absolute Gasteiger partial charge is 0.338 e. The molecule has 1 atom stereocenters. The lowest BCUT2D eigenvalue weighted by Crippen LogP contribution is -2.46. The first-order chi connectivity index (χ1) is 35.7. The second-order valence-electron chi connectivity index (χ2n) is 19.5. The molecule has 3 heterocycles. The molecule has 2 aliphatic heterocycles. The Hall–Kier alpha value is -6.42. The monoisotopic (exact) mass is 1050 g/mol. The number of benzene rings is 6. The van der Waals surface area contributed by atoms with Crippen molar-refractivity contribution in [1.29, 1.82) is 0 Å². The number of aliphatic hydroxyl groups is 1. The number of aromatic carboxylic acids is 1. The van der Waals surface area contributed by atoms with Gasteiger partial charge in [-0.05, 0) is 143 Å². The van der Waals surface area contributed by atoms with Crippen LogP contribution >= 0.6 is 23.4 Å². The Morgan fingerprint density at radius 2 is 1.41 bits per heavy atom. The Balaban J connectivity index is 0.916. The van der Waals surface area contributed by atoms with E-state index >= 15 is 0 Å². The zero-order valence-corrected chi connectivity index (χ0v) is 44.8. The highest BCUT2D eigenvalue weighted by Gasteiger charge is 2.29. The number of carbonyl (C=O) groups is 1. The van der Waals surface area contributed by atoms with Gasteiger partial charge >= 0.3 is 5.97 Å². The Kier molecular flexibility index (Phi) is 16.6. The van der Waals surface area contributed by atoms with Crippen LogP contribution in [-0.2, 0) is 10.0 Å². The van der Waals surface area contributed by atoms with Crippen LogP contribution in [0.25, 0.3) is 22.4 Å². The van der Waals surface area contributed by atoms with Crippen molar-refractivity contribution in [2.45, 2.75) is 74.9 Å². The molecule has 2 fully saturated rings. The number of ether oxygens (including phenoxy) is 1. The number of anilines is 4. The van der Waals surface area contributed by atoms with Gasteiger partial charge in [0.25, 0.3) is 10.0 Å². The van der Waals surface area contributed by atoms with Gasteiger partial charge in [0.15, 0.2) is 5.75 Å². The Morgan fingerprint density at radius 1 is 0.757 bits per heavy atom. The van der Waals surface area contributed by atoms with E-state index in [-0.39, 0.29) is 28.6 Å². The third kappa shape index (κ3) is 12.4. The summed E-state index contributed by atoms with van der Waals surface area (Å²) >= 11 is 8.11. The van der Waals surface area contributed by atoms with Crippen molar-refractivity contribution >= 4 is 62.1 Å². The lowest BCUT2D eigenvalue weighted by molar-refractivity contribution is 0.0696. The van der Waals surface area contributed by atoms with E-state index in [1.807, 2.05) is 117 Å². The van der Waals surface area contributed by atoms with E-state index in [4.69, 9.17) is 16.3 Å². The number of thioether (sulfide) groups is 1. The Morgan fingerprint density at radius 3 is 2.05 bits per heavy atom. The second kappa shape index (κ2) is 23.4. The average molecular weight is 1050 g/mol. The van der Waals surface area contributed by atoms with Gasteiger partial charge in [-0.25, -0.2) is 13.2 Å². The number of carboxylic acid groups (broad SMARTS) is 1. The van der Waals surface area contributed by atoms with Crippen LogP contribution in [0.1, 0.15) is 60.8 Å². The van der Waals surface area contributed by atoms with Crippen LogP contribution in [-0.4, -0.2) is 97.8 Å². The van der Waals surface area contributed by atoms with Gasteiger partial charge in [-0.2, -0.15) is 0 Å². The average Bonchev–Trinajstić information content (AvgIpc) is 3.73. The zero-order valence-electron chi connectivity index (χ0n) is 42.4. The van der Waals surface area contributed by atoms with Crippen LogP contribution in [0.4, 0.5) is 22.7 Å². The summed E-state index contributed by atoms with van der Waals surface area (Å²) in [5.41, 5.74) is 8.11. The summed E-state index contributed by atoms with van der Waals surface area (Å²) < 4.78 is 39.9. The minimum absolute atomic E-state index is 0.00777. The molecule has 2 aliphatic rings. The number of nitrogens with one attached hydrogen (secondary N) is 2. The summed E-state index contributed by atoms with van der Waals surface area (Å²) in [6, 6.07) is 46.3. The quantitative estimate of drug-likeness (QED) is 0.0576. The number of carboxylic acids is 1. The van der Waals surface area contributed by atoms with Crippen molar-refractivity contribution in [3.05, 3.63) is 167 Å². The molecule has 0 radical (unpaired) electrons. The van der Waals surface area contributed by atoms with Crippen LogP contribution in [0.5, 0.6) is 11.5 Å². The van der Waals surface area contributed by atoms with E-state index in [0.717, 1.165) is 84.1 Å². The van der Waals surface area contributed by atoms with Gasteiger partial charge in [0, 0.05) is 108 Å². The maximum absolute atomic E-state index is 14.3. The molecule has 386 valence electrons. The van der Waals surface area contributed by atoms with E-state index in [0.29, 0.717) is 59.6 Å². The molecule has 0 unspecified atom stereocenters. The third-order valence-corrected chi connectivity index (χ3v) is 16.8. The summed E-state index contributed by atoms with van der Waals surface area (Å²) in [6.45, 7) is 13.3. The number of para-hydroxylation sites is 1. The number of hydrogen-bond donors (Lipinski definition) is 4. The van der Waals surface area contributed by atoms with Gasteiger partial charge in [-0.3, -0.25) is 4.72 Å². The number of nitrogens with zero attached hydrogens (tertiary/aromatic N) is 4. The molecule has 4 N–H and O–H groups in total. The molecular formula is C59H65ClN6O6S2. The predicted molar refractivity (Wildman–Crippen MR) is 303 cm³/mol.